The van der Waals surface area contributed by atoms with Gasteiger partial charge in [-0.15, -0.1) is 0 Å². The van der Waals surface area contributed by atoms with E-state index >= 15 is 0 Å². The molecule has 0 fully saturated rings. The number of hydrogen-bond donors (Lipinski definition) is 3. The van der Waals surface area contributed by atoms with Crippen LogP contribution >= 0.6 is 0 Å². The molecule has 142 valence electrons. The van der Waals surface area contributed by atoms with Crippen LogP contribution in [0.3, 0.4) is 0 Å². The number of primary sulfonamides is 1. The lowest BCUT2D eigenvalue weighted by Crippen LogP contribution is -2.37. The fraction of sp³-hybridized carbons (Fsp3) is 0.611. The molecule has 0 aliphatic rings. The minimum atomic E-state index is -3.64. The summed E-state index contributed by atoms with van der Waals surface area (Å²) >= 11 is 0. The number of nitrogens with two attached hydrogens (primary N) is 1. The van der Waals surface area contributed by atoms with Gasteiger partial charge in [-0.2, -0.15) is 0 Å². The van der Waals surface area contributed by atoms with Gasteiger partial charge in [0.05, 0.1) is 4.90 Å². The van der Waals surface area contributed by atoms with Crippen LogP contribution in [0.15, 0.2) is 34.2 Å². The number of aliphatic imine (C=N–C) groups is 1. The summed E-state index contributed by atoms with van der Waals surface area (Å²) in [6.45, 7) is 5.99. The molecule has 0 heterocycles. The van der Waals surface area contributed by atoms with Crippen molar-refractivity contribution in [2.75, 3.05) is 13.6 Å². The summed E-state index contributed by atoms with van der Waals surface area (Å²) in [5, 5.41) is 11.6. The van der Waals surface area contributed by atoms with E-state index in [-0.39, 0.29) is 4.90 Å². The summed E-state index contributed by atoms with van der Waals surface area (Å²) in [7, 11) is -1.90. The fourth-order valence-electron chi connectivity index (χ4n) is 2.44. The van der Waals surface area contributed by atoms with Crippen molar-refractivity contribution in [2.45, 2.75) is 57.4 Å². The molecule has 4 N–H and O–H groups in total. The molecular weight excluding hydrogens is 336 g/mol. The second kappa shape index (κ2) is 11.1. The fourth-order valence-corrected chi connectivity index (χ4v) is 2.96. The van der Waals surface area contributed by atoms with Gasteiger partial charge in [-0.05, 0) is 30.0 Å². The summed E-state index contributed by atoms with van der Waals surface area (Å²) in [4.78, 5) is 4.32. The number of sulfonamides is 1. The first-order valence-corrected chi connectivity index (χ1v) is 10.4. The van der Waals surface area contributed by atoms with E-state index in [9.17, 15) is 8.42 Å². The van der Waals surface area contributed by atoms with Crippen LogP contribution in [-0.2, 0) is 16.6 Å². The molecule has 0 radical (unpaired) electrons. The topological polar surface area (TPSA) is 96.6 Å². The van der Waals surface area contributed by atoms with E-state index in [2.05, 4.69) is 29.5 Å². The van der Waals surface area contributed by atoms with Gasteiger partial charge in [-0.1, -0.05) is 51.7 Å². The Labute approximate surface area is 152 Å². The molecule has 0 saturated carbocycles. The van der Waals surface area contributed by atoms with E-state index in [0.29, 0.717) is 6.54 Å². The van der Waals surface area contributed by atoms with E-state index in [1.54, 1.807) is 19.2 Å². The molecule has 0 unspecified atom stereocenters. The van der Waals surface area contributed by atoms with Gasteiger partial charge in [0.1, 0.15) is 0 Å². The summed E-state index contributed by atoms with van der Waals surface area (Å²) in [5.41, 5.74) is 0.962. The molecular formula is C18H32N4O2S. The number of nitrogens with one attached hydrogen (secondary N) is 2. The molecule has 1 aromatic carbocycles. The monoisotopic (exact) mass is 368 g/mol. The average Bonchev–Trinajstić information content (AvgIpc) is 2.56. The molecule has 0 atom stereocenters. The smallest absolute Gasteiger partial charge is 0.238 e. The highest BCUT2D eigenvalue weighted by molar-refractivity contribution is 7.89. The lowest BCUT2D eigenvalue weighted by Gasteiger charge is -2.12. The van der Waals surface area contributed by atoms with Gasteiger partial charge >= 0.3 is 0 Å². The standard InChI is InChI=1S/C18H32N4O2S/c1-15(2)8-6-4-5-7-13-21-18(20-3)22-14-16-9-11-17(12-10-16)25(19,23)24/h9-12,15H,4-8,13-14H2,1-3H3,(H2,19,23,24)(H2,20,21,22). The van der Waals surface area contributed by atoms with Crippen LogP contribution in [0.25, 0.3) is 0 Å². The van der Waals surface area contributed by atoms with Crippen LogP contribution < -0.4 is 15.8 Å². The number of unbranched alkanes of at least 4 members (excludes halogenated alkanes) is 3. The highest BCUT2D eigenvalue weighted by atomic mass is 32.2. The number of nitrogens with zero attached hydrogens (tertiary/aromatic N) is 1. The number of guanidine groups is 1. The molecule has 1 aromatic rings. The molecule has 0 aliphatic heterocycles. The Kier molecular flexibility index (Phi) is 9.52. The van der Waals surface area contributed by atoms with Crippen LogP contribution in [0.1, 0.15) is 51.5 Å². The Bertz CT molecular complexity index is 625. The van der Waals surface area contributed by atoms with Crippen molar-refractivity contribution in [3.05, 3.63) is 29.8 Å². The van der Waals surface area contributed by atoms with E-state index in [1.165, 1.54) is 37.8 Å². The molecule has 0 spiro atoms. The Morgan fingerprint density at radius 1 is 1.08 bits per heavy atom. The van der Waals surface area contributed by atoms with Crippen molar-refractivity contribution < 1.29 is 8.42 Å². The van der Waals surface area contributed by atoms with Crippen molar-refractivity contribution >= 4 is 16.0 Å². The van der Waals surface area contributed by atoms with Crippen molar-refractivity contribution in [2.24, 2.45) is 16.0 Å². The number of hydrogen-bond acceptors (Lipinski definition) is 3. The summed E-state index contributed by atoms with van der Waals surface area (Å²) in [6, 6.07) is 6.52. The molecule has 0 aromatic heterocycles. The van der Waals surface area contributed by atoms with E-state index < -0.39 is 10.0 Å². The van der Waals surface area contributed by atoms with Crippen LogP contribution in [-0.4, -0.2) is 28.0 Å². The molecule has 0 saturated heterocycles. The van der Waals surface area contributed by atoms with E-state index in [0.717, 1.165) is 30.4 Å². The Morgan fingerprint density at radius 3 is 2.28 bits per heavy atom. The molecule has 7 heteroatoms. The highest BCUT2D eigenvalue weighted by Gasteiger charge is 2.06. The maximum Gasteiger partial charge on any atom is 0.238 e. The maximum atomic E-state index is 11.2. The van der Waals surface area contributed by atoms with Crippen molar-refractivity contribution in [3.63, 3.8) is 0 Å². The predicted molar refractivity (Wildman–Crippen MR) is 104 cm³/mol. The maximum absolute atomic E-state index is 11.2. The zero-order valence-electron chi connectivity index (χ0n) is 15.6. The normalized spacial score (nSPS) is 12.4. The summed E-state index contributed by atoms with van der Waals surface area (Å²) in [6.07, 6.45) is 6.25. The Balaban J connectivity index is 2.26. The molecule has 0 bridgehead atoms. The zero-order valence-corrected chi connectivity index (χ0v) is 16.4. The molecule has 1 rings (SSSR count). The third-order valence-electron chi connectivity index (χ3n) is 3.94. The zero-order chi connectivity index (χ0) is 18.7. The van der Waals surface area contributed by atoms with Gasteiger partial charge in [0.15, 0.2) is 5.96 Å². The van der Waals surface area contributed by atoms with Crippen molar-refractivity contribution in [1.29, 1.82) is 0 Å². The average molecular weight is 369 g/mol. The SMILES string of the molecule is CN=C(NCCCCCCC(C)C)NCc1ccc(S(N)(=O)=O)cc1. The van der Waals surface area contributed by atoms with Crippen LogP contribution in [0.2, 0.25) is 0 Å². The second-order valence-electron chi connectivity index (χ2n) is 6.64. The third-order valence-corrected chi connectivity index (χ3v) is 4.87. The van der Waals surface area contributed by atoms with Gasteiger partial charge in [-0.25, -0.2) is 13.6 Å². The van der Waals surface area contributed by atoms with E-state index in [4.69, 9.17) is 5.14 Å². The minimum Gasteiger partial charge on any atom is -0.356 e. The minimum absolute atomic E-state index is 0.122. The van der Waals surface area contributed by atoms with Gasteiger partial charge < -0.3 is 10.6 Å². The quantitative estimate of drug-likeness (QED) is 0.336. The second-order valence-corrected chi connectivity index (χ2v) is 8.20. The third kappa shape index (κ3) is 9.45. The first-order valence-electron chi connectivity index (χ1n) is 8.89. The number of benzene rings is 1. The summed E-state index contributed by atoms with van der Waals surface area (Å²) in [5.74, 6) is 1.54. The first-order chi connectivity index (χ1) is 11.8. The summed E-state index contributed by atoms with van der Waals surface area (Å²) < 4.78 is 22.5. The first kappa shape index (κ1) is 21.4. The molecule has 25 heavy (non-hydrogen) atoms. The van der Waals surface area contributed by atoms with Gasteiger partial charge in [-0.3, -0.25) is 4.99 Å². The Morgan fingerprint density at radius 2 is 1.72 bits per heavy atom. The largest absolute Gasteiger partial charge is 0.356 e. The van der Waals surface area contributed by atoms with Gasteiger partial charge in [0.25, 0.3) is 0 Å². The Hall–Kier alpha value is -1.60. The van der Waals surface area contributed by atoms with Crippen molar-refractivity contribution in [3.8, 4) is 0 Å². The number of rotatable bonds is 10. The molecule has 6 nitrogen and oxygen atoms in total. The van der Waals surface area contributed by atoms with E-state index in [1.807, 2.05) is 0 Å². The molecule has 0 amide bonds. The van der Waals surface area contributed by atoms with Crippen LogP contribution in [0, 0.1) is 5.92 Å². The predicted octanol–water partition coefficient (Wildman–Crippen LogP) is 2.61. The van der Waals surface area contributed by atoms with Gasteiger partial charge in [0, 0.05) is 20.1 Å². The van der Waals surface area contributed by atoms with Crippen molar-refractivity contribution in [1.82, 2.24) is 10.6 Å². The van der Waals surface area contributed by atoms with Crippen LogP contribution in [0.4, 0.5) is 0 Å². The van der Waals surface area contributed by atoms with Crippen LogP contribution in [0.5, 0.6) is 0 Å². The lowest BCUT2D eigenvalue weighted by atomic mass is 10.0. The highest BCUT2D eigenvalue weighted by Crippen LogP contribution is 2.09. The van der Waals surface area contributed by atoms with Gasteiger partial charge in [0.2, 0.25) is 10.0 Å². The lowest BCUT2D eigenvalue weighted by molar-refractivity contribution is 0.518. The molecule has 0 aliphatic carbocycles.